The lowest BCUT2D eigenvalue weighted by molar-refractivity contribution is -0.117. The van der Waals surface area contributed by atoms with Gasteiger partial charge in [-0.05, 0) is 30.7 Å². The Balaban J connectivity index is 1.97. The van der Waals surface area contributed by atoms with Gasteiger partial charge in [0.25, 0.3) is 0 Å². The number of benzene rings is 2. The summed E-state index contributed by atoms with van der Waals surface area (Å²) in [5.74, 6) is 0.0996. The van der Waals surface area contributed by atoms with Crippen molar-refractivity contribution in [3.63, 3.8) is 0 Å². The zero-order chi connectivity index (χ0) is 14.1. The summed E-state index contributed by atoms with van der Waals surface area (Å²) in [6.45, 7) is 2.62. The fourth-order valence-corrected chi connectivity index (χ4v) is 2.63. The van der Waals surface area contributed by atoms with Crippen LogP contribution in [-0.4, -0.2) is 18.2 Å². The van der Waals surface area contributed by atoms with Gasteiger partial charge >= 0.3 is 0 Å². The third kappa shape index (κ3) is 2.01. The molecule has 1 amide bonds. The molecule has 0 atom stereocenters. The van der Waals surface area contributed by atoms with Crippen LogP contribution in [0.3, 0.4) is 0 Å². The number of likely N-dealkylation sites (N-methyl/N-ethyl adjacent to an activating group) is 1. The maximum absolute atomic E-state index is 12.4. The molecule has 1 aliphatic heterocycles. The average Bonchev–Trinajstić information content (AvgIpc) is 2.81. The maximum Gasteiger partial charge on any atom is 0.231 e. The van der Waals surface area contributed by atoms with Gasteiger partial charge in [-0.2, -0.15) is 0 Å². The highest BCUT2D eigenvalue weighted by Crippen LogP contribution is 2.30. The molecular weight excluding hydrogens is 250 g/mol. The monoisotopic (exact) mass is 265 g/mol. The number of hydrogen-bond donors (Lipinski definition) is 0. The van der Waals surface area contributed by atoms with Gasteiger partial charge in [0.2, 0.25) is 5.91 Å². The highest BCUT2D eigenvalue weighted by molar-refractivity contribution is 6.10. The van der Waals surface area contributed by atoms with Crippen molar-refractivity contribution in [2.75, 3.05) is 11.4 Å². The van der Waals surface area contributed by atoms with Crippen LogP contribution in [0.5, 0.6) is 0 Å². The fraction of sp³-hybridized carbons (Fsp3) is 0.176. The van der Waals surface area contributed by atoms with Crippen LogP contribution >= 0.6 is 0 Å². The normalized spacial score (nSPS) is 13.4. The van der Waals surface area contributed by atoms with Crippen molar-refractivity contribution in [3.05, 3.63) is 65.2 Å². The number of amides is 1. The number of hydrogen-bond acceptors (Lipinski definition) is 2. The van der Waals surface area contributed by atoms with Gasteiger partial charge in [0.05, 0.1) is 6.42 Å². The van der Waals surface area contributed by atoms with E-state index in [9.17, 15) is 9.59 Å². The van der Waals surface area contributed by atoms with Gasteiger partial charge in [-0.25, -0.2) is 0 Å². The summed E-state index contributed by atoms with van der Waals surface area (Å²) in [6.07, 6.45) is 0.388. The second-order valence-electron chi connectivity index (χ2n) is 4.85. The lowest BCUT2D eigenvalue weighted by atomic mass is 10.0. The van der Waals surface area contributed by atoms with Gasteiger partial charge in [-0.15, -0.1) is 0 Å². The van der Waals surface area contributed by atoms with Crippen LogP contribution in [0, 0.1) is 0 Å². The molecule has 0 unspecified atom stereocenters. The molecule has 0 aromatic heterocycles. The summed E-state index contributed by atoms with van der Waals surface area (Å²) in [7, 11) is 0. The molecule has 0 radical (unpaired) electrons. The number of anilines is 1. The third-order valence-electron chi connectivity index (χ3n) is 3.63. The van der Waals surface area contributed by atoms with E-state index in [4.69, 9.17) is 0 Å². The minimum Gasteiger partial charge on any atom is -0.312 e. The van der Waals surface area contributed by atoms with Crippen LogP contribution in [-0.2, 0) is 11.2 Å². The summed E-state index contributed by atoms with van der Waals surface area (Å²) >= 11 is 0. The molecule has 100 valence electrons. The zero-order valence-corrected chi connectivity index (χ0v) is 11.3. The van der Waals surface area contributed by atoms with E-state index in [0.717, 1.165) is 11.3 Å². The van der Waals surface area contributed by atoms with Crippen molar-refractivity contribution < 1.29 is 9.59 Å². The van der Waals surface area contributed by atoms with Crippen molar-refractivity contribution in [2.24, 2.45) is 0 Å². The molecule has 3 nitrogen and oxygen atoms in total. The zero-order valence-electron chi connectivity index (χ0n) is 11.3. The van der Waals surface area contributed by atoms with Crippen LogP contribution in [0.2, 0.25) is 0 Å². The van der Waals surface area contributed by atoms with Crippen molar-refractivity contribution in [1.29, 1.82) is 0 Å². The molecular formula is C17H15NO2. The summed E-state index contributed by atoms with van der Waals surface area (Å²) in [4.78, 5) is 26.0. The highest BCUT2D eigenvalue weighted by atomic mass is 16.2. The van der Waals surface area contributed by atoms with Crippen molar-refractivity contribution in [2.45, 2.75) is 13.3 Å². The lowest BCUT2D eigenvalue weighted by Crippen LogP contribution is -2.25. The number of rotatable bonds is 3. The topological polar surface area (TPSA) is 37.4 Å². The maximum atomic E-state index is 12.4. The molecule has 0 saturated heterocycles. The molecule has 0 bridgehead atoms. The number of nitrogens with zero attached hydrogens (tertiary/aromatic N) is 1. The Morgan fingerprint density at radius 1 is 1.10 bits per heavy atom. The average molecular weight is 265 g/mol. The number of carbonyl (C=O) groups excluding carboxylic acids is 2. The minimum absolute atomic E-state index is 0.00389. The van der Waals surface area contributed by atoms with E-state index in [1.807, 2.05) is 37.3 Å². The first-order valence-electron chi connectivity index (χ1n) is 6.73. The van der Waals surface area contributed by atoms with Gasteiger partial charge in [-0.1, -0.05) is 30.3 Å². The third-order valence-corrected chi connectivity index (χ3v) is 3.63. The van der Waals surface area contributed by atoms with Crippen molar-refractivity contribution >= 4 is 17.4 Å². The number of fused-ring (bicyclic) bond motifs is 1. The van der Waals surface area contributed by atoms with Crippen LogP contribution in [0.15, 0.2) is 48.5 Å². The van der Waals surface area contributed by atoms with E-state index in [2.05, 4.69) is 0 Å². The van der Waals surface area contributed by atoms with E-state index in [1.165, 1.54) is 0 Å². The second kappa shape index (κ2) is 4.93. The molecule has 2 aromatic rings. The van der Waals surface area contributed by atoms with Gasteiger partial charge in [0.1, 0.15) is 0 Å². The number of carbonyl (C=O) groups is 2. The van der Waals surface area contributed by atoms with Crippen LogP contribution < -0.4 is 4.90 Å². The van der Waals surface area contributed by atoms with Crippen molar-refractivity contribution in [3.8, 4) is 0 Å². The quantitative estimate of drug-likeness (QED) is 0.800. The molecule has 0 spiro atoms. The molecule has 0 saturated carbocycles. The minimum atomic E-state index is -0.00389. The largest absolute Gasteiger partial charge is 0.312 e. The lowest BCUT2D eigenvalue weighted by Gasteiger charge is -2.14. The summed E-state index contributed by atoms with van der Waals surface area (Å²) in [5.41, 5.74) is 3.19. The molecule has 1 aliphatic rings. The number of ketones is 1. The Kier molecular flexibility index (Phi) is 3.11. The first-order chi connectivity index (χ1) is 9.70. The van der Waals surface area contributed by atoms with Crippen LogP contribution in [0.1, 0.15) is 28.4 Å². The van der Waals surface area contributed by atoms with E-state index < -0.39 is 0 Å². The molecule has 0 N–H and O–H groups in total. The highest BCUT2D eigenvalue weighted by Gasteiger charge is 2.26. The van der Waals surface area contributed by atoms with Crippen LogP contribution in [0.4, 0.5) is 5.69 Å². The summed E-state index contributed by atoms with van der Waals surface area (Å²) < 4.78 is 0. The van der Waals surface area contributed by atoms with Crippen LogP contribution in [0.25, 0.3) is 0 Å². The molecule has 3 rings (SSSR count). The Bertz CT molecular complexity index is 677. The molecule has 2 aromatic carbocycles. The predicted octanol–water partition coefficient (Wildman–Crippen LogP) is 2.83. The van der Waals surface area contributed by atoms with Gasteiger partial charge in [0, 0.05) is 23.4 Å². The van der Waals surface area contributed by atoms with Gasteiger partial charge < -0.3 is 4.90 Å². The Labute approximate surface area is 117 Å². The molecule has 1 heterocycles. The second-order valence-corrected chi connectivity index (χ2v) is 4.85. The van der Waals surface area contributed by atoms with Crippen molar-refractivity contribution in [1.82, 2.24) is 0 Å². The summed E-state index contributed by atoms with van der Waals surface area (Å²) in [6, 6.07) is 14.7. The smallest absolute Gasteiger partial charge is 0.231 e. The van der Waals surface area contributed by atoms with E-state index >= 15 is 0 Å². The van der Waals surface area contributed by atoms with E-state index in [0.29, 0.717) is 24.1 Å². The first-order valence-corrected chi connectivity index (χ1v) is 6.73. The Morgan fingerprint density at radius 3 is 2.55 bits per heavy atom. The summed E-state index contributed by atoms with van der Waals surface area (Å²) in [5, 5.41) is 0. The first kappa shape index (κ1) is 12.6. The van der Waals surface area contributed by atoms with E-state index in [-0.39, 0.29) is 11.7 Å². The Morgan fingerprint density at radius 2 is 1.85 bits per heavy atom. The molecule has 3 heteroatoms. The van der Waals surface area contributed by atoms with E-state index in [1.54, 1.807) is 23.1 Å². The molecule has 20 heavy (non-hydrogen) atoms. The molecule has 0 aliphatic carbocycles. The SMILES string of the molecule is CCN1C(=O)Cc2cc(C(=O)c3ccccc3)ccc21. The predicted molar refractivity (Wildman–Crippen MR) is 78.0 cm³/mol. The van der Waals surface area contributed by atoms with Gasteiger partial charge in [-0.3, -0.25) is 9.59 Å². The fourth-order valence-electron chi connectivity index (χ4n) is 2.63. The Hall–Kier alpha value is -2.42. The molecule has 0 fully saturated rings. The van der Waals surface area contributed by atoms with Gasteiger partial charge in [0.15, 0.2) is 5.78 Å². The standard InChI is InChI=1S/C17H15NO2/c1-2-18-15-9-8-13(10-14(15)11-16(18)19)17(20)12-6-4-3-5-7-12/h3-10H,2,11H2,1H3.